The van der Waals surface area contributed by atoms with Crippen LogP contribution in [0.5, 0.6) is 11.5 Å². The van der Waals surface area contributed by atoms with Gasteiger partial charge in [-0.1, -0.05) is 6.07 Å². The van der Waals surface area contributed by atoms with E-state index in [2.05, 4.69) is 4.90 Å². The maximum atomic E-state index is 10.1. The number of ether oxygens (including phenoxy) is 2. The first-order chi connectivity index (χ1) is 9.90. The molecule has 118 valence electrons. The van der Waals surface area contributed by atoms with Crippen LogP contribution >= 0.6 is 0 Å². The van der Waals surface area contributed by atoms with Crippen LogP contribution in [0.3, 0.4) is 0 Å². The van der Waals surface area contributed by atoms with Crippen molar-refractivity contribution in [1.82, 2.24) is 4.90 Å². The normalized spacial score (nSPS) is 19.8. The lowest BCUT2D eigenvalue weighted by molar-refractivity contribution is 0.0206. The molecule has 1 aromatic rings. The molecular formula is C17H27NO3. The summed E-state index contributed by atoms with van der Waals surface area (Å²) in [6.45, 7) is 9.32. The zero-order chi connectivity index (χ0) is 15.5. The SMILES string of the molecule is COc1cc(C)ccc1OCCN1CCC(C(C)(C)O)C1. The Balaban J connectivity index is 1.80. The molecule has 1 aliphatic heterocycles. The van der Waals surface area contributed by atoms with Gasteiger partial charge in [-0.2, -0.15) is 0 Å². The Morgan fingerprint density at radius 3 is 2.71 bits per heavy atom. The molecule has 4 heteroatoms. The van der Waals surface area contributed by atoms with Gasteiger partial charge in [0.15, 0.2) is 11.5 Å². The summed E-state index contributed by atoms with van der Waals surface area (Å²) in [5.41, 5.74) is 0.572. The van der Waals surface area contributed by atoms with Crippen molar-refractivity contribution in [2.75, 3.05) is 33.4 Å². The Hall–Kier alpha value is -1.26. The number of rotatable bonds is 6. The second-order valence-corrected chi connectivity index (χ2v) is 6.44. The number of hydrogen-bond donors (Lipinski definition) is 1. The predicted octanol–water partition coefficient (Wildman–Crippen LogP) is 2.48. The minimum absolute atomic E-state index is 0.353. The lowest BCUT2D eigenvalue weighted by atomic mass is 9.90. The molecule has 2 rings (SSSR count). The Labute approximate surface area is 127 Å². The summed E-state index contributed by atoms with van der Waals surface area (Å²) in [6.07, 6.45) is 1.05. The summed E-state index contributed by atoms with van der Waals surface area (Å²) in [5, 5.41) is 10.1. The lowest BCUT2D eigenvalue weighted by Gasteiger charge is -2.25. The molecule has 1 atom stereocenters. The first-order valence-electron chi connectivity index (χ1n) is 7.62. The van der Waals surface area contributed by atoms with Crippen LogP contribution in [-0.2, 0) is 0 Å². The van der Waals surface area contributed by atoms with Crippen LogP contribution in [-0.4, -0.2) is 49.0 Å². The van der Waals surface area contributed by atoms with Gasteiger partial charge in [0.05, 0.1) is 12.7 Å². The maximum absolute atomic E-state index is 10.1. The molecule has 1 aromatic carbocycles. The monoisotopic (exact) mass is 293 g/mol. The van der Waals surface area contributed by atoms with Crippen LogP contribution in [0.1, 0.15) is 25.8 Å². The molecule has 0 spiro atoms. The van der Waals surface area contributed by atoms with Crippen molar-refractivity contribution in [1.29, 1.82) is 0 Å². The van der Waals surface area contributed by atoms with Crippen LogP contribution < -0.4 is 9.47 Å². The summed E-state index contributed by atoms with van der Waals surface area (Å²) >= 11 is 0. The molecule has 1 aliphatic rings. The molecule has 0 radical (unpaired) electrons. The second kappa shape index (κ2) is 6.67. The van der Waals surface area contributed by atoms with Crippen molar-refractivity contribution in [2.24, 2.45) is 5.92 Å². The first-order valence-corrected chi connectivity index (χ1v) is 7.62. The van der Waals surface area contributed by atoms with Crippen molar-refractivity contribution in [3.8, 4) is 11.5 Å². The summed E-state index contributed by atoms with van der Waals surface area (Å²) in [6, 6.07) is 5.96. The Bertz CT molecular complexity index is 468. The molecular weight excluding hydrogens is 266 g/mol. The molecule has 1 heterocycles. The number of methoxy groups -OCH3 is 1. The molecule has 0 aliphatic carbocycles. The zero-order valence-corrected chi connectivity index (χ0v) is 13.6. The smallest absolute Gasteiger partial charge is 0.161 e. The quantitative estimate of drug-likeness (QED) is 0.875. The van der Waals surface area contributed by atoms with Crippen molar-refractivity contribution in [3.63, 3.8) is 0 Å². The third-order valence-electron chi connectivity index (χ3n) is 4.26. The van der Waals surface area contributed by atoms with Gasteiger partial charge in [0, 0.05) is 19.0 Å². The van der Waals surface area contributed by atoms with E-state index in [1.54, 1.807) is 7.11 Å². The van der Waals surface area contributed by atoms with Crippen LogP contribution in [0.4, 0.5) is 0 Å². The molecule has 4 nitrogen and oxygen atoms in total. The average molecular weight is 293 g/mol. The van der Waals surface area contributed by atoms with E-state index < -0.39 is 5.60 Å². The highest BCUT2D eigenvalue weighted by Gasteiger charge is 2.33. The van der Waals surface area contributed by atoms with Crippen LogP contribution in [0.25, 0.3) is 0 Å². The van der Waals surface area contributed by atoms with Gasteiger partial charge in [0.25, 0.3) is 0 Å². The van der Waals surface area contributed by atoms with Crippen LogP contribution in [0.2, 0.25) is 0 Å². The fourth-order valence-electron chi connectivity index (χ4n) is 2.79. The van der Waals surface area contributed by atoms with Gasteiger partial charge in [0.1, 0.15) is 6.61 Å². The van der Waals surface area contributed by atoms with Crippen molar-refractivity contribution >= 4 is 0 Å². The number of nitrogens with zero attached hydrogens (tertiary/aromatic N) is 1. The van der Waals surface area contributed by atoms with Crippen molar-refractivity contribution < 1.29 is 14.6 Å². The van der Waals surface area contributed by atoms with E-state index in [1.165, 1.54) is 0 Å². The summed E-state index contributed by atoms with van der Waals surface area (Å²) < 4.78 is 11.2. The minimum atomic E-state index is -0.588. The molecule has 21 heavy (non-hydrogen) atoms. The van der Waals surface area contributed by atoms with E-state index >= 15 is 0 Å². The standard InChI is InChI=1S/C17H27NO3/c1-13-5-6-15(16(11-13)20-4)21-10-9-18-8-7-14(12-18)17(2,3)19/h5-6,11,14,19H,7-10,12H2,1-4H3. The van der Waals surface area contributed by atoms with Crippen LogP contribution in [0.15, 0.2) is 18.2 Å². The fourth-order valence-corrected chi connectivity index (χ4v) is 2.79. The largest absolute Gasteiger partial charge is 0.493 e. The number of aryl methyl sites for hydroxylation is 1. The Morgan fingerprint density at radius 2 is 2.10 bits per heavy atom. The Morgan fingerprint density at radius 1 is 1.33 bits per heavy atom. The zero-order valence-electron chi connectivity index (χ0n) is 13.6. The molecule has 0 aromatic heterocycles. The number of aliphatic hydroxyl groups is 1. The third-order valence-corrected chi connectivity index (χ3v) is 4.26. The Kier molecular flexibility index (Phi) is 5.12. The van der Waals surface area contributed by atoms with Gasteiger partial charge in [-0.15, -0.1) is 0 Å². The first kappa shape index (κ1) is 16.1. The van der Waals surface area contributed by atoms with E-state index in [9.17, 15) is 5.11 Å². The maximum Gasteiger partial charge on any atom is 0.161 e. The number of likely N-dealkylation sites (tertiary alicyclic amines) is 1. The van der Waals surface area contributed by atoms with Crippen molar-refractivity contribution in [2.45, 2.75) is 32.8 Å². The van der Waals surface area contributed by atoms with E-state index in [-0.39, 0.29) is 0 Å². The summed E-state index contributed by atoms with van der Waals surface area (Å²) in [7, 11) is 1.66. The van der Waals surface area contributed by atoms with Gasteiger partial charge >= 0.3 is 0 Å². The highest BCUT2D eigenvalue weighted by atomic mass is 16.5. The van der Waals surface area contributed by atoms with Gasteiger partial charge in [-0.3, -0.25) is 4.90 Å². The van der Waals surface area contributed by atoms with Crippen LogP contribution in [0, 0.1) is 12.8 Å². The molecule has 0 bridgehead atoms. The summed E-state index contributed by atoms with van der Waals surface area (Å²) in [5.74, 6) is 1.93. The van der Waals surface area contributed by atoms with E-state index in [1.807, 2.05) is 39.0 Å². The molecule has 1 fully saturated rings. The predicted molar refractivity (Wildman–Crippen MR) is 84.1 cm³/mol. The second-order valence-electron chi connectivity index (χ2n) is 6.44. The fraction of sp³-hybridized carbons (Fsp3) is 0.647. The third kappa shape index (κ3) is 4.35. The van der Waals surface area contributed by atoms with Gasteiger partial charge in [-0.05, 0) is 51.4 Å². The number of hydrogen-bond acceptors (Lipinski definition) is 4. The highest BCUT2D eigenvalue weighted by Crippen LogP contribution is 2.29. The molecule has 1 N–H and O–H groups in total. The lowest BCUT2D eigenvalue weighted by Crippen LogP contribution is -2.34. The summed E-state index contributed by atoms with van der Waals surface area (Å²) in [4.78, 5) is 2.35. The van der Waals surface area contributed by atoms with Gasteiger partial charge < -0.3 is 14.6 Å². The molecule has 1 saturated heterocycles. The van der Waals surface area contributed by atoms with E-state index in [0.717, 1.165) is 43.1 Å². The highest BCUT2D eigenvalue weighted by molar-refractivity contribution is 5.42. The molecule has 0 saturated carbocycles. The van der Waals surface area contributed by atoms with Crippen molar-refractivity contribution in [3.05, 3.63) is 23.8 Å². The molecule has 1 unspecified atom stereocenters. The van der Waals surface area contributed by atoms with E-state index in [4.69, 9.17) is 9.47 Å². The number of benzene rings is 1. The van der Waals surface area contributed by atoms with Gasteiger partial charge in [0.2, 0.25) is 0 Å². The minimum Gasteiger partial charge on any atom is -0.493 e. The van der Waals surface area contributed by atoms with Gasteiger partial charge in [-0.25, -0.2) is 0 Å². The molecule has 0 amide bonds. The van der Waals surface area contributed by atoms with E-state index in [0.29, 0.717) is 12.5 Å². The average Bonchev–Trinajstić information content (AvgIpc) is 2.89. The topological polar surface area (TPSA) is 41.9 Å².